The maximum atomic E-state index is 13.5. The van der Waals surface area contributed by atoms with Crippen molar-refractivity contribution in [3.8, 4) is 0 Å². The molecular formula is C22H20ClN3O4. The summed E-state index contributed by atoms with van der Waals surface area (Å²) in [6, 6.07) is 10.8. The van der Waals surface area contributed by atoms with Crippen LogP contribution in [-0.2, 0) is 9.59 Å². The van der Waals surface area contributed by atoms with Crippen molar-refractivity contribution in [2.24, 2.45) is 0 Å². The summed E-state index contributed by atoms with van der Waals surface area (Å²) in [6.07, 6.45) is 2.96. The summed E-state index contributed by atoms with van der Waals surface area (Å²) in [7, 11) is 0. The molecule has 2 amide bonds. The third-order valence-electron chi connectivity index (χ3n) is 5.51. The second-order valence-electron chi connectivity index (χ2n) is 7.45. The van der Waals surface area contributed by atoms with Crippen LogP contribution in [0.25, 0.3) is 5.57 Å². The Hall–Kier alpha value is -3.19. The van der Waals surface area contributed by atoms with Crippen molar-refractivity contribution in [3.05, 3.63) is 74.4 Å². The van der Waals surface area contributed by atoms with Crippen LogP contribution in [-0.4, -0.2) is 34.7 Å². The molecule has 0 N–H and O–H groups in total. The molecule has 154 valence electrons. The number of rotatable bonds is 4. The standard InChI is InChI=1S/C22H20ClN3O4/c1-14-5-8-16(23)13-18(14)25-21(27)19(15-6-9-17(10-7-15)26(29)30)20(22(25)28)24-11-3-2-4-12-24/h5-10,13H,2-4,11-12H2,1H3. The minimum Gasteiger partial charge on any atom is -0.366 e. The molecule has 2 aromatic carbocycles. The molecule has 1 saturated heterocycles. The first-order valence-corrected chi connectivity index (χ1v) is 10.2. The Kier molecular flexibility index (Phi) is 5.30. The van der Waals surface area contributed by atoms with Crippen molar-refractivity contribution < 1.29 is 14.5 Å². The van der Waals surface area contributed by atoms with Crippen molar-refractivity contribution in [1.82, 2.24) is 4.90 Å². The maximum absolute atomic E-state index is 13.5. The van der Waals surface area contributed by atoms with Crippen LogP contribution >= 0.6 is 11.6 Å². The van der Waals surface area contributed by atoms with E-state index in [0.717, 1.165) is 24.8 Å². The number of carbonyl (C=O) groups excluding carboxylic acids is 2. The average Bonchev–Trinajstić information content (AvgIpc) is 3.00. The average molecular weight is 426 g/mol. The SMILES string of the molecule is Cc1ccc(Cl)cc1N1C(=O)C(c2ccc([N+](=O)[O-])cc2)=C(N2CCCCC2)C1=O. The first kappa shape index (κ1) is 20.1. The number of hydrogen-bond donors (Lipinski definition) is 0. The number of carbonyl (C=O) groups is 2. The summed E-state index contributed by atoms with van der Waals surface area (Å²) in [4.78, 5) is 40.6. The second kappa shape index (κ2) is 7.91. The molecule has 1 fully saturated rings. The normalized spacial score (nSPS) is 17.1. The van der Waals surface area contributed by atoms with E-state index in [1.54, 1.807) is 18.2 Å². The highest BCUT2D eigenvalue weighted by atomic mass is 35.5. The number of piperidine rings is 1. The van der Waals surface area contributed by atoms with Gasteiger partial charge in [0.1, 0.15) is 5.70 Å². The van der Waals surface area contributed by atoms with E-state index >= 15 is 0 Å². The number of nitro groups is 1. The molecule has 30 heavy (non-hydrogen) atoms. The summed E-state index contributed by atoms with van der Waals surface area (Å²) < 4.78 is 0. The van der Waals surface area contributed by atoms with Crippen molar-refractivity contribution in [3.63, 3.8) is 0 Å². The van der Waals surface area contributed by atoms with Crippen LogP contribution in [0.15, 0.2) is 48.2 Å². The molecule has 7 nitrogen and oxygen atoms in total. The Morgan fingerprint density at radius 2 is 1.63 bits per heavy atom. The monoisotopic (exact) mass is 425 g/mol. The predicted octanol–water partition coefficient (Wildman–Crippen LogP) is 4.33. The Morgan fingerprint density at radius 1 is 0.967 bits per heavy atom. The molecule has 0 spiro atoms. The van der Waals surface area contributed by atoms with Crippen LogP contribution in [0.4, 0.5) is 11.4 Å². The fourth-order valence-electron chi connectivity index (χ4n) is 3.98. The Balaban J connectivity index is 1.84. The second-order valence-corrected chi connectivity index (χ2v) is 7.89. The molecule has 0 atom stereocenters. The number of hydrogen-bond acceptors (Lipinski definition) is 5. The highest BCUT2D eigenvalue weighted by molar-refractivity contribution is 6.45. The van der Waals surface area contributed by atoms with Crippen LogP contribution < -0.4 is 4.90 Å². The van der Waals surface area contributed by atoms with Crippen LogP contribution in [0.1, 0.15) is 30.4 Å². The molecule has 0 bridgehead atoms. The molecule has 2 heterocycles. The molecule has 0 saturated carbocycles. The molecule has 0 unspecified atom stereocenters. The summed E-state index contributed by atoms with van der Waals surface area (Å²) in [5.74, 6) is -0.833. The van der Waals surface area contributed by atoms with Gasteiger partial charge in [-0.25, -0.2) is 4.90 Å². The lowest BCUT2D eigenvalue weighted by Gasteiger charge is -2.29. The Morgan fingerprint density at radius 3 is 2.27 bits per heavy atom. The van der Waals surface area contributed by atoms with Gasteiger partial charge in [-0.1, -0.05) is 17.7 Å². The number of benzene rings is 2. The van der Waals surface area contributed by atoms with Gasteiger partial charge in [-0.2, -0.15) is 0 Å². The summed E-state index contributed by atoms with van der Waals surface area (Å²) in [6.45, 7) is 3.19. The lowest BCUT2D eigenvalue weighted by Crippen LogP contribution is -2.37. The van der Waals surface area contributed by atoms with Crippen molar-refractivity contribution in [1.29, 1.82) is 0 Å². The number of nitrogens with zero attached hydrogens (tertiary/aromatic N) is 3. The molecule has 2 aliphatic heterocycles. The summed E-state index contributed by atoms with van der Waals surface area (Å²) >= 11 is 6.14. The Bertz CT molecular complexity index is 1070. The molecule has 2 aromatic rings. The summed E-state index contributed by atoms with van der Waals surface area (Å²) in [5.41, 5.74) is 2.25. The lowest BCUT2D eigenvalue weighted by atomic mass is 10.0. The number of non-ortho nitro benzene ring substituents is 1. The molecule has 4 rings (SSSR count). The number of halogens is 1. The Labute approximate surface area is 178 Å². The third kappa shape index (κ3) is 3.45. The van der Waals surface area contributed by atoms with Crippen LogP contribution in [0, 0.1) is 17.0 Å². The first-order valence-electron chi connectivity index (χ1n) is 9.77. The number of amides is 2. The highest BCUT2D eigenvalue weighted by Gasteiger charge is 2.43. The summed E-state index contributed by atoms with van der Waals surface area (Å²) in [5, 5.41) is 11.4. The smallest absolute Gasteiger partial charge is 0.282 e. The largest absolute Gasteiger partial charge is 0.366 e. The molecule has 0 radical (unpaired) electrons. The quantitative estimate of drug-likeness (QED) is 0.413. The molecule has 0 aliphatic carbocycles. The van der Waals surface area contributed by atoms with Gasteiger partial charge in [0.05, 0.1) is 16.2 Å². The van der Waals surface area contributed by atoms with Gasteiger partial charge in [0, 0.05) is 30.2 Å². The van der Waals surface area contributed by atoms with E-state index in [1.165, 1.54) is 29.2 Å². The van der Waals surface area contributed by atoms with E-state index in [1.807, 2.05) is 11.8 Å². The minimum atomic E-state index is -0.493. The van der Waals surface area contributed by atoms with Gasteiger partial charge in [0.15, 0.2) is 0 Å². The maximum Gasteiger partial charge on any atom is 0.282 e. The van der Waals surface area contributed by atoms with Crippen LogP contribution in [0.5, 0.6) is 0 Å². The van der Waals surface area contributed by atoms with Gasteiger partial charge in [-0.15, -0.1) is 0 Å². The van der Waals surface area contributed by atoms with Crippen LogP contribution in [0.3, 0.4) is 0 Å². The van der Waals surface area contributed by atoms with E-state index in [-0.39, 0.29) is 17.2 Å². The van der Waals surface area contributed by atoms with E-state index in [4.69, 9.17) is 11.6 Å². The van der Waals surface area contributed by atoms with Gasteiger partial charge >= 0.3 is 0 Å². The number of likely N-dealkylation sites (tertiary alicyclic amines) is 1. The van der Waals surface area contributed by atoms with Gasteiger partial charge in [0.25, 0.3) is 17.5 Å². The molecule has 2 aliphatic rings. The van der Waals surface area contributed by atoms with Gasteiger partial charge < -0.3 is 4.90 Å². The zero-order valence-electron chi connectivity index (χ0n) is 16.4. The van der Waals surface area contributed by atoms with E-state index < -0.39 is 10.8 Å². The third-order valence-corrected chi connectivity index (χ3v) is 5.75. The van der Waals surface area contributed by atoms with Gasteiger partial charge in [-0.3, -0.25) is 19.7 Å². The van der Waals surface area contributed by atoms with E-state index in [2.05, 4.69) is 0 Å². The topological polar surface area (TPSA) is 83.8 Å². The van der Waals surface area contributed by atoms with E-state index in [9.17, 15) is 19.7 Å². The lowest BCUT2D eigenvalue weighted by molar-refractivity contribution is -0.384. The van der Waals surface area contributed by atoms with Crippen LogP contribution in [0.2, 0.25) is 5.02 Å². The van der Waals surface area contributed by atoms with Crippen molar-refractivity contribution in [2.45, 2.75) is 26.2 Å². The highest BCUT2D eigenvalue weighted by Crippen LogP contribution is 2.38. The van der Waals surface area contributed by atoms with Gasteiger partial charge in [-0.05, 0) is 61.6 Å². The fraction of sp³-hybridized carbons (Fsp3) is 0.273. The minimum absolute atomic E-state index is 0.0711. The zero-order chi connectivity index (χ0) is 21.4. The van der Waals surface area contributed by atoms with Crippen molar-refractivity contribution in [2.75, 3.05) is 18.0 Å². The number of anilines is 1. The fourth-order valence-corrected chi connectivity index (χ4v) is 4.15. The number of nitro benzene ring substituents is 1. The predicted molar refractivity (Wildman–Crippen MR) is 114 cm³/mol. The molecular weight excluding hydrogens is 406 g/mol. The zero-order valence-corrected chi connectivity index (χ0v) is 17.2. The molecule has 8 heteroatoms. The number of imide groups is 1. The number of aryl methyl sites for hydroxylation is 1. The van der Waals surface area contributed by atoms with Crippen molar-refractivity contribution >= 4 is 40.4 Å². The molecule has 0 aromatic heterocycles. The van der Waals surface area contributed by atoms with E-state index in [0.29, 0.717) is 35.1 Å². The first-order chi connectivity index (χ1) is 14.4. The van der Waals surface area contributed by atoms with Gasteiger partial charge in [0.2, 0.25) is 0 Å².